The molecule has 0 aromatic heterocycles. The zero-order valence-electron chi connectivity index (χ0n) is 9.31. The van der Waals surface area contributed by atoms with E-state index >= 15 is 0 Å². The molecule has 0 aliphatic carbocycles. The first kappa shape index (κ1) is 11.4. The lowest BCUT2D eigenvalue weighted by atomic mass is 10.1. The molecular formula is C12H16NO2+. The number of ether oxygens (including phenoxy) is 1. The first-order valence-corrected chi connectivity index (χ1v) is 4.85. The van der Waals surface area contributed by atoms with Gasteiger partial charge in [-0.3, -0.25) is 4.79 Å². The molecule has 0 aliphatic heterocycles. The van der Waals surface area contributed by atoms with Crippen LogP contribution in [0.25, 0.3) is 0 Å². The predicted molar refractivity (Wildman–Crippen MR) is 59.5 cm³/mol. The largest absolute Gasteiger partial charge is 0.439 e. The summed E-state index contributed by atoms with van der Waals surface area (Å²) in [7, 11) is 3.69. The topological polar surface area (TPSA) is 29.3 Å². The molecule has 0 bridgehead atoms. The summed E-state index contributed by atoms with van der Waals surface area (Å²) < 4.78 is 7.03. The fourth-order valence-corrected chi connectivity index (χ4v) is 1.11. The Hall–Kier alpha value is -1.64. The van der Waals surface area contributed by atoms with Crippen LogP contribution in [-0.2, 0) is 4.74 Å². The van der Waals surface area contributed by atoms with E-state index in [1.807, 2.05) is 32.3 Å². The average Bonchev–Trinajstić information content (AvgIpc) is 2.26. The van der Waals surface area contributed by atoms with Gasteiger partial charge in [0.25, 0.3) is 0 Å². The van der Waals surface area contributed by atoms with Gasteiger partial charge in [0.05, 0.1) is 0 Å². The second kappa shape index (κ2) is 5.29. The molecule has 0 N–H and O–H groups in total. The Kier molecular flexibility index (Phi) is 4.03. The molecule has 0 saturated heterocycles. The number of hydrogen-bond donors (Lipinski definition) is 0. The Balaban J connectivity index is 2.65. The van der Waals surface area contributed by atoms with E-state index in [2.05, 4.69) is 0 Å². The van der Waals surface area contributed by atoms with E-state index in [1.54, 1.807) is 23.6 Å². The number of benzene rings is 1. The third kappa shape index (κ3) is 3.54. The number of carbonyl (C=O) groups excluding carboxylic acids is 1. The summed E-state index contributed by atoms with van der Waals surface area (Å²) in [6.45, 7) is 1.75. The summed E-state index contributed by atoms with van der Waals surface area (Å²) in [6, 6.07) is 9.15. The Bertz CT molecular complexity index is 353. The van der Waals surface area contributed by atoms with Crippen LogP contribution >= 0.6 is 0 Å². The minimum atomic E-state index is -0.449. The van der Waals surface area contributed by atoms with E-state index in [0.29, 0.717) is 5.56 Å². The minimum absolute atomic E-state index is 0.00583. The lowest BCUT2D eigenvalue weighted by molar-refractivity contribution is -0.468. The Morgan fingerprint density at radius 1 is 1.33 bits per heavy atom. The third-order valence-corrected chi connectivity index (χ3v) is 1.90. The highest BCUT2D eigenvalue weighted by Gasteiger charge is 2.15. The van der Waals surface area contributed by atoms with Crippen molar-refractivity contribution in [3.8, 4) is 0 Å². The van der Waals surface area contributed by atoms with Crippen LogP contribution in [0.4, 0.5) is 0 Å². The first-order chi connectivity index (χ1) is 7.11. The van der Waals surface area contributed by atoms with E-state index < -0.39 is 6.10 Å². The fourth-order valence-electron chi connectivity index (χ4n) is 1.11. The van der Waals surface area contributed by atoms with Crippen molar-refractivity contribution in [3.63, 3.8) is 0 Å². The van der Waals surface area contributed by atoms with Gasteiger partial charge in [-0.15, -0.1) is 0 Å². The summed E-state index contributed by atoms with van der Waals surface area (Å²) in [5, 5.41) is 0. The Morgan fingerprint density at radius 3 is 2.47 bits per heavy atom. The number of Topliss-reactive ketones (excluding diaryl/α,β-unsaturated/α-hetero) is 1. The number of ketones is 1. The van der Waals surface area contributed by atoms with Crippen LogP contribution in [0.15, 0.2) is 30.3 Å². The zero-order valence-corrected chi connectivity index (χ0v) is 9.31. The highest BCUT2D eigenvalue weighted by atomic mass is 16.5. The summed E-state index contributed by atoms with van der Waals surface area (Å²) in [5.41, 5.74) is 0.678. The summed E-state index contributed by atoms with van der Waals surface area (Å²) in [6.07, 6.45) is 1.08. The van der Waals surface area contributed by atoms with Crippen LogP contribution < -0.4 is 0 Å². The van der Waals surface area contributed by atoms with Crippen LogP contribution in [0.5, 0.6) is 0 Å². The monoisotopic (exact) mass is 206 g/mol. The molecule has 80 valence electrons. The van der Waals surface area contributed by atoms with Crippen LogP contribution in [0.3, 0.4) is 0 Å². The maximum atomic E-state index is 11.8. The molecule has 1 unspecified atom stereocenters. The third-order valence-electron chi connectivity index (χ3n) is 1.90. The minimum Gasteiger partial charge on any atom is -0.439 e. The molecule has 0 amide bonds. The first-order valence-electron chi connectivity index (χ1n) is 4.85. The molecule has 3 heteroatoms. The van der Waals surface area contributed by atoms with Crippen LogP contribution in [-0.4, -0.2) is 37.0 Å². The van der Waals surface area contributed by atoms with Gasteiger partial charge in [-0.1, -0.05) is 30.3 Å². The van der Waals surface area contributed by atoms with Gasteiger partial charge in [0.1, 0.15) is 14.1 Å². The van der Waals surface area contributed by atoms with E-state index in [1.165, 1.54) is 6.40 Å². The molecule has 15 heavy (non-hydrogen) atoms. The average molecular weight is 206 g/mol. The number of nitrogens with zero attached hydrogens (tertiary/aromatic N) is 1. The molecular weight excluding hydrogens is 190 g/mol. The van der Waals surface area contributed by atoms with Crippen molar-refractivity contribution in [3.05, 3.63) is 35.9 Å². The van der Waals surface area contributed by atoms with E-state index in [0.717, 1.165) is 0 Å². The smallest absolute Gasteiger partial charge is 0.324 e. The van der Waals surface area contributed by atoms with Gasteiger partial charge >= 0.3 is 6.40 Å². The lowest BCUT2D eigenvalue weighted by Gasteiger charge is -2.07. The van der Waals surface area contributed by atoms with E-state index in [9.17, 15) is 4.79 Å². The van der Waals surface area contributed by atoms with Gasteiger partial charge in [0.15, 0.2) is 6.10 Å². The van der Waals surface area contributed by atoms with Gasteiger partial charge in [-0.05, 0) is 6.92 Å². The fraction of sp³-hybridized carbons (Fsp3) is 0.333. The second-order valence-corrected chi connectivity index (χ2v) is 3.58. The Morgan fingerprint density at radius 2 is 1.93 bits per heavy atom. The van der Waals surface area contributed by atoms with Crippen molar-refractivity contribution in [1.82, 2.24) is 0 Å². The van der Waals surface area contributed by atoms with Crippen molar-refractivity contribution in [1.29, 1.82) is 0 Å². The van der Waals surface area contributed by atoms with Crippen molar-refractivity contribution in [2.24, 2.45) is 0 Å². The van der Waals surface area contributed by atoms with Gasteiger partial charge in [-0.25, -0.2) is 4.58 Å². The van der Waals surface area contributed by atoms with E-state index in [-0.39, 0.29) is 5.78 Å². The van der Waals surface area contributed by atoms with E-state index in [4.69, 9.17) is 4.74 Å². The molecule has 1 aromatic carbocycles. The van der Waals surface area contributed by atoms with Crippen molar-refractivity contribution >= 4 is 12.2 Å². The highest BCUT2D eigenvalue weighted by molar-refractivity contribution is 5.99. The number of rotatable bonds is 4. The van der Waals surface area contributed by atoms with Crippen molar-refractivity contribution in [2.75, 3.05) is 14.1 Å². The molecule has 0 radical (unpaired) electrons. The molecule has 1 rings (SSSR count). The maximum Gasteiger partial charge on any atom is 0.324 e. The normalized spacial score (nSPS) is 11.7. The molecule has 0 aliphatic rings. The van der Waals surface area contributed by atoms with Crippen molar-refractivity contribution < 1.29 is 14.1 Å². The predicted octanol–water partition coefficient (Wildman–Crippen LogP) is 1.57. The molecule has 1 aromatic rings. The zero-order chi connectivity index (χ0) is 11.3. The molecule has 0 saturated carbocycles. The number of carbonyl (C=O) groups is 1. The van der Waals surface area contributed by atoms with Crippen LogP contribution in [0.2, 0.25) is 0 Å². The standard InChI is InChI=1S/C12H16NO2/c1-10(15-9-13(2)3)12(14)11-7-5-4-6-8-11/h4-10H,1-3H3/q+1. The summed E-state index contributed by atoms with van der Waals surface area (Å²) >= 11 is 0. The van der Waals surface area contributed by atoms with Crippen molar-refractivity contribution in [2.45, 2.75) is 13.0 Å². The summed E-state index contributed by atoms with van der Waals surface area (Å²) in [4.78, 5) is 11.8. The SMILES string of the molecule is CC(OC=[N+](C)C)C(=O)c1ccccc1. The summed E-state index contributed by atoms with van der Waals surface area (Å²) in [5.74, 6) is -0.00583. The number of hydrogen-bond acceptors (Lipinski definition) is 2. The molecule has 0 heterocycles. The quantitative estimate of drug-likeness (QED) is 0.324. The highest BCUT2D eigenvalue weighted by Crippen LogP contribution is 2.04. The van der Waals surface area contributed by atoms with Crippen LogP contribution in [0.1, 0.15) is 17.3 Å². The van der Waals surface area contributed by atoms with Gasteiger partial charge in [0, 0.05) is 5.56 Å². The maximum absolute atomic E-state index is 11.8. The molecule has 3 nitrogen and oxygen atoms in total. The Labute approximate surface area is 90.0 Å². The molecule has 0 fully saturated rings. The lowest BCUT2D eigenvalue weighted by Crippen LogP contribution is -2.22. The van der Waals surface area contributed by atoms with Gasteiger partial charge in [-0.2, -0.15) is 0 Å². The molecule has 0 spiro atoms. The van der Waals surface area contributed by atoms with Gasteiger partial charge in [0.2, 0.25) is 5.78 Å². The molecule has 1 atom stereocenters. The van der Waals surface area contributed by atoms with Gasteiger partial charge < -0.3 is 4.74 Å². The van der Waals surface area contributed by atoms with Crippen LogP contribution in [0, 0.1) is 0 Å². The second-order valence-electron chi connectivity index (χ2n) is 3.58.